The summed E-state index contributed by atoms with van der Waals surface area (Å²) in [5.41, 5.74) is 8.15. The summed E-state index contributed by atoms with van der Waals surface area (Å²) in [4.78, 5) is 14.3. The minimum absolute atomic E-state index is 0.0478. The number of amides is 1. The molecule has 1 rings (SSSR count). The molecule has 0 bridgehead atoms. The van der Waals surface area contributed by atoms with Crippen molar-refractivity contribution in [2.24, 2.45) is 0 Å². The van der Waals surface area contributed by atoms with Crippen LogP contribution in [0.3, 0.4) is 0 Å². The number of carbonyl (C=O) groups excluding carboxylic acids is 1. The van der Waals surface area contributed by atoms with Gasteiger partial charge in [0.05, 0.1) is 11.3 Å². The fourth-order valence-corrected chi connectivity index (χ4v) is 3.02. The Labute approximate surface area is 126 Å². The number of hydrogen-bond donors (Lipinski definition) is 2. The molecule has 1 amide bonds. The Morgan fingerprint density at radius 2 is 2.15 bits per heavy atom. The zero-order valence-electron chi connectivity index (χ0n) is 12.8. The van der Waals surface area contributed by atoms with Gasteiger partial charge in [0.15, 0.2) is 0 Å². The summed E-state index contributed by atoms with van der Waals surface area (Å²) in [5, 5.41) is 2.85. The average molecular weight is 295 g/mol. The quantitative estimate of drug-likeness (QED) is 0.759. The van der Waals surface area contributed by atoms with Crippen molar-refractivity contribution in [3.63, 3.8) is 0 Å². The van der Waals surface area contributed by atoms with Gasteiger partial charge in [0, 0.05) is 31.1 Å². The van der Waals surface area contributed by atoms with Crippen molar-refractivity contribution in [2.45, 2.75) is 26.3 Å². The fraction of sp³-hybridized carbons (Fsp3) is 0.533. The summed E-state index contributed by atoms with van der Waals surface area (Å²) in [6.07, 6.45) is 3.13. The van der Waals surface area contributed by atoms with Crippen LogP contribution in [-0.2, 0) is 0 Å². The first-order valence-electron chi connectivity index (χ1n) is 6.94. The van der Waals surface area contributed by atoms with Crippen molar-refractivity contribution in [3.8, 4) is 0 Å². The van der Waals surface area contributed by atoms with Crippen LogP contribution in [0.4, 0.5) is 11.4 Å². The van der Waals surface area contributed by atoms with Gasteiger partial charge >= 0.3 is 0 Å². The van der Waals surface area contributed by atoms with Crippen molar-refractivity contribution in [1.82, 2.24) is 5.32 Å². The summed E-state index contributed by atoms with van der Waals surface area (Å²) in [7, 11) is 2.03. The number of thioether (sulfide) groups is 1. The molecule has 4 nitrogen and oxygen atoms in total. The van der Waals surface area contributed by atoms with E-state index in [1.807, 2.05) is 31.8 Å². The molecule has 3 N–H and O–H groups in total. The standard InChI is InChI=1S/C15H25N3OS/c1-5-12(10-20-4)18(3)14-9-11(16)7-8-13(14)15(19)17-6-2/h7-9,12H,5-6,10,16H2,1-4H3,(H,17,19). The highest BCUT2D eigenvalue weighted by atomic mass is 32.2. The first-order valence-corrected chi connectivity index (χ1v) is 8.33. The van der Waals surface area contributed by atoms with E-state index in [1.54, 1.807) is 12.1 Å². The van der Waals surface area contributed by atoms with Gasteiger partial charge in [-0.1, -0.05) is 6.92 Å². The van der Waals surface area contributed by atoms with Crippen LogP contribution in [0, 0.1) is 0 Å². The fourth-order valence-electron chi connectivity index (χ4n) is 2.18. The number of benzene rings is 1. The minimum Gasteiger partial charge on any atom is -0.399 e. The number of carbonyl (C=O) groups is 1. The number of nitrogens with two attached hydrogens (primary N) is 1. The predicted molar refractivity (Wildman–Crippen MR) is 89.7 cm³/mol. The smallest absolute Gasteiger partial charge is 0.253 e. The van der Waals surface area contributed by atoms with Crippen LogP contribution >= 0.6 is 11.8 Å². The van der Waals surface area contributed by atoms with Gasteiger partial charge in [0.1, 0.15) is 0 Å². The Balaban J connectivity index is 3.13. The lowest BCUT2D eigenvalue weighted by atomic mass is 10.1. The predicted octanol–water partition coefficient (Wildman–Crippen LogP) is 2.60. The molecule has 20 heavy (non-hydrogen) atoms. The maximum Gasteiger partial charge on any atom is 0.253 e. The summed E-state index contributed by atoms with van der Waals surface area (Å²) >= 11 is 1.81. The lowest BCUT2D eigenvalue weighted by molar-refractivity contribution is 0.0956. The average Bonchev–Trinajstić information content (AvgIpc) is 2.44. The maximum atomic E-state index is 12.2. The van der Waals surface area contributed by atoms with Crippen LogP contribution in [0.1, 0.15) is 30.6 Å². The molecule has 0 spiro atoms. The molecule has 0 aliphatic rings. The van der Waals surface area contributed by atoms with Gasteiger partial charge in [0.2, 0.25) is 0 Å². The Hall–Kier alpha value is -1.36. The zero-order chi connectivity index (χ0) is 15.1. The lowest BCUT2D eigenvalue weighted by Crippen LogP contribution is -2.35. The van der Waals surface area contributed by atoms with Gasteiger partial charge in [-0.15, -0.1) is 0 Å². The van der Waals surface area contributed by atoms with E-state index in [0.29, 0.717) is 23.8 Å². The van der Waals surface area contributed by atoms with Crippen LogP contribution in [0.5, 0.6) is 0 Å². The van der Waals surface area contributed by atoms with Crippen molar-refractivity contribution in [1.29, 1.82) is 0 Å². The van der Waals surface area contributed by atoms with Gasteiger partial charge < -0.3 is 16.0 Å². The molecule has 0 saturated heterocycles. The van der Waals surface area contributed by atoms with Gasteiger partial charge in [-0.3, -0.25) is 4.79 Å². The van der Waals surface area contributed by atoms with E-state index in [4.69, 9.17) is 5.73 Å². The summed E-state index contributed by atoms with van der Waals surface area (Å²) in [6.45, 7) is 4.70. The number of rotatable bonds is 7. The molecule has 0 aliphatic carbocycles. The van der Waals surface area contributed by atoms with Crippen LogP contribution < -0.4 is 16.0 Å². The summed E-state index contributed by atoms with van der Waals surface area (Å²) in [6, 6.07) is 5.85. The third-order valence-electron chi connectivity index (χ3n) is 3.36. The summed E-state index contributed by atoms with van der Waals surface area (Å²) in [5.74, 6) is 0.977. The third-order valence-corrected chi connectivity index (χ3v) is 4.08. The molecule has 0 aliphatic heterocycles. The van der Waals surface area contributed by atoms with Gasteiger partial charge in [-0.25, -0.2) is 0 Å². The van der Waals surface area contributed by atoms with E-state index in [0.717, 1.165) is 17.9 Å². The number of nitrogen functional groups attached to an aromatic ring is 1. The second-order valence-electron chi connectivity index (χ2n) is 4.76. The van der Waals surface area contributed by atoms with E-state index >= 15 is 0 Å². The van der Waals surface area contributed by atoms with E-state index in [-0.39, 0.29) is 5.91 Å². The molecular weight excluding hydrogens is 270 g/mol. The van der Waals surface area contributed by atoms with Crippen molar-refractivity contribution in [2.75, 3.05) is 36.2 Å². The molecule has 0 saturated carbocycles. The minimum atomic E-state index is -0.0478. The Morgan fingerprint density at radius 1 is 1.45 bits per heavy atom. The van der Waals surface area contributed by atoms with Crippen LogP contribution in [-0.4, -0.2) is 37.6 Å². The van der Waals surface area contributed by atoms with Crippen LogP contribution in [0.25, 0.3) is 0 Å². The molecule has 1 unspecified atom stereocenters. The van der Waals surface area contributed by atoms with Crippen molar-refractivity contribution in [3.05, 3.63) is 23.8 Å². The van der Waals surface area contributed by atoms with Crippen LogP contribution in [0.2, 0.25) is 0 Å². The molecule has 1 aromatic carbocycles. The van der Waals surface area contributed by atoms with E-state index in [9.17, 15) is 4.79 Å². The van der Waals surface area contributed by atoms with Gasteiger partial charge in [-0.2, -0.15) is 11.8 Å². The van der Waals surface area contributed by atoms with Crippen LogP contribution in [0.15, 0.2) is 18.2 Å². The highest BCUT2D eigenvalue weighted by molar-refractivity contribution is 7.98. The molecule has 112 valence electrons. The third kappa shape index (κ3) is 4.07. The second-order valence-corrected chi connectivity index (χ2v) is 5.68. The second kappa shape index (κ2) is 8.04. The first-order chi connectivity index (χ1) is 9.54. The van der Waals surface area contributed by atoms with Crippen molar-refractivity contribution >= 4 is 29.0 Å². The molecule has 1 atom stereocenters. The SMILES string of the molecule is CCNC(=O)c1ccc(N)cc1N(C)C(CC)CSC. The van der Waals surface area contributed by atoms with Gasteiger partial charge in [0.25, 0.3) is 5.91 Å². The highest BCUT2D eigenvalue weighted by Gasteiger charge is 2.19. The molecule has 0 fully saturated rings. The molecule has 0 heterocycles. The Kier molecular flexibility index (Phi) is 6.71. The number of anilines is 2. The normalized spacial score (nSPS) is 12.0. The van der Waals surface area contributed by atoms with E-state index in [1.165, 1.54) is 0 Å². The zero-order valence-corrected chi connectivity index (χ0v) is 13.6. The monoisotopic (exact) mass is 295 g/mol. The molecule has 1 aromatic rings. The lowest BCUT2D eigenvalue weighted by Gasteiger charge is -2.30. The van der Waals surface area contributed by atoms with E-state index < -0.39 is 0 Å². The molecular formula is C15H25N3OS. The first kappa shape index (κ1) is 16.7. The number of nitrogens with zero attached hydrogens (tertiary/aromatic N) is 1. The molecule has 0 aromatic heterocycles. The Bertz CT molecular complexity index is 451. The highest BCUT2D eigenvalue weighted by Crippen LogP contribution is 2.26. The number of hydrogen-bond acceptors (Lipinski definition) is 4. The molecule has 5 heteroatoms. The summed E-state index contributed by atoms with van der Waals surface area (Å²) < 4.78 is 0. The number of nitrogens with one attached hydrogen (secondary N) is 1. The Morgan fingerprint density at radius 3 is 2.70 bits per heavy atom. The largest absolute Gasteiger partial charge is 0.399 e. The topological polar surface area (TPSA) is 58.4 Å². The van der Waals surface area contributed by atoms with Crippen molar-refractivity contribution < 1.29 is 4.79 Å². The maximum absolute atomic E-state index is 12.2. The van der Waals surface area contributed by atoms with E-state index in [2.05, 4.69) is 23.4 Å². The molecule has 0 radical (unpaired) electrons. The van der Waals surface area contributed by atoms with Gasteiger partial charge in [-0.05, 0) is 37.8 Å².